The molecule has 20 heavy (non-hydrogen) atoms. The molecule has 1 atom stereocenters. The fourth-order valence-corrected chi connectivity index (χ4v) is 2.11. The van der Waals surface area contributed by atoms with Gasteiger partial charge in [-0.1, -0.05) is 18.2 Å². The summed E-state index contributed by atoms with van der Waals surface area (Å²) < 4.78 is 13.8. The van der Waals surface area contributed by atoms with E-state index in [9.17, 15) is 14.8 Å². The van der Waals surface area contributed by atoms with Gasteiger partial charge in [0.25, 0.3) is 0 Å². The van der Waals surface area contributed by atoms with E-state index in [-0.39, 0.29) is 11.8 Å². The first-order valence-corrected chi connectivity index (χ1v) is 6.27. The average molecular weight is 270 g/mol. The maximum Gasteiger partial charge on any atom is 0.132 e. The SMILES string of the molecule is Cc1cccc(NC(C)c2ccc(O)cc2F)c1C#N. The zero-order valence-corrected chi connectivity index (χ0v) is 11.3. The fourth-order valence-electron chi connectivity index (χ4n) is 2.11. The van der Waals surface area contributed by atoms with E-state index in [4.69, 9.17) is 0 Å². The van der Waals surface area contributed by atoms with Crippen molar-refractivity contribution in [3.05, 3.63) is 58.9 Å². The van der Waals surface area contributed by atoms with Gasteiger partial charge in [-0.25, -0.2) is 4.39 Å². The van der Waals surface area contributed by atoms with Crippen LogP contribution in [0.25, 0.3) is 0 Å². The third-order valence-corrected chi connectivity index (χ3v) is 3.21. The molecule has 2 rings (SSSR count). The molecule has 1 unspecified atom stereocenters. The number of nitrogens with one attached hydrogen (secondary N) is 1. The van der Waals surface area contributed by atoms with E-state index in [1.54, 1.807) is 13.0 Å². The molecule has 2 N–H and O–H groups in total. The second-order valence-electron chi connectivity index (χ2n) is 4.68. The first kappa shape index (κ1) is 13.9. The number of benzene rings is 2. The van der Waals surface area contributed by atoms with Crippen LogP contribution in [0.3, 0.4) is 0 Å². The Morgan fingerprint density at radius 2 is 2.05 bits per heavy atom. The van der Waals surface area contributed by atoms with Crippen LogP contribution in [0, 0.1) is 24.1 Å². The Kier molecular flexibility index (Phi) is 3.90. The number of hydrogen-bond acceptors (Lipinski definition) is 3. The smallest absolute Gasteiger partial charge is 0.132 e. The third kappa shape index (κ3) is 2.72. The monoisotopic (exact) mass is 270 g/mol. The lowest BCUT2D eigenvalue weighted by Gasteiger charge is -2.18. The maximum atomic E-state index is 13.8. The molecule has 0 saturated carbocycles. The number of nitriles is 1. The summed E-state index contributed by atoms with van der Waals surface area (Å²) in [6, 6.07) is 11.4. The standard InChI is InChI=1S/C16H15FN2O/c1-10-4-3-5-16(14(10)9-18)19-11(2)13-7-6-12(20)8-15(13)17/h3-8,11,19-20H,1-2H3. The lowest BCUT2D eigenvalue weighted by molar-refractivity contribution is 0.467. The molecule has 0 saturated heterocycles. The van der Waals surface area contributed by atoms with E-state index in [2.05, 4.69) is 11.4 Å². The molecule has 0 bridgehead atoms. The maximum absolute atomic E-state index is 13.8. The summed E-state index contributed by atoms with van der Waals surface area (Å²) in [5.74, 6) is -0.581. The van der Waals surface area contributed by atoms with Crippen molar-refractivity contribution in [1.82, 2.24) is 0 Å². The van der Waals surface area contributed by atoms with Crippen molar-refractivity contribution in [3.63, 3.8) is 0 Å². The van der Waals surface area contributed by atoms with E-state index in [0.29, 0.717) is 16.8 Å². The van der Waals surface area contributed by atoms with Crippen LogP contribution in [0.5, 0.6) is 5.75 Å². The molecular formula is C16H15FN2O. The highest BCUT2D eigenvalue weighted by atomic mass is 19.1. The fraction of sp³-hybridized carbons (Fsp3) is 0.188. The van der Waals surface area contributed by atoms with Crippen LogP contribution in [-0.4, -0.2) is 5.11 Å². The predicted octanol–water partition coefficient (Wildman–Crippen LogP) is 3.88. The first-order valence-electron chi connectivity index (χ1n) is 6.27. The number of phenols is 1. The van der Waals surface area contributed by atoms with Crippen LogP contribution < -0.4 is 5.32 Å². The number of anilines is 1. The van der Waals surface area contributed by atoms with Crippen LogP contribution in [-0.2, 0) is 0 Å². The van der Waals surface area contributed by atoms with E-state index in [0.717, 1.165) is 11.6 Å². The molecule has 0 aliphatic heterocycles. The largest absolute Gasteiger partial charge is 0.508 e. The minimum atomic E-state index is -0.476. The van der Waals surface area contributed by atoms with Gasteiger partial charge in [0.15, 0.2) is 0 Å². The molecule has 0 spiro atoms. The van der Waals surface area contributed by atoms with Crippen molar-refractivity contribution in [3.8, 4) is 11.8 Å². The number of halogens is 1. The molecule has 0 aliphatic rings. The van der Waals surface area contributed by atoms with Crippen molar-refractivity contribution in [2.45, 2.75) is 19.9 Å². The van der Waals surface area contributed by atoms with E-state index < -0.39 is 5.82 Å². The molecular weight excluding hydrogens is 255 g/mol. The van der Waals surface area contributed by atoms with Crippen LogP contribution >= 0.6 is 0 Å². The van der Waals surface area contributed by atoms with Gasteiger partial charge in [-0.2, -0.15) is 5.26 Å². The zero-order chi connectivity index (χ0) is 14.7. The Balaban J connectivity index is 2.31. The van der Waals surface area contributed by atoms with E-state index >= 15 is 0 Å². The van der Waals surface area contributed by atoms with Gasteiger partial charge in [0.1, 0.15) is 17.6 Å². The van der Waals surface area contributed by atoms with Gasteiger partial charge in [-0.15, -0.1) is 0 Å². The molecule has 2 aromatic carbocycles. The number of nitrogens with zero attached hydrogens (tertiary/aromatic N) is 1. The summed E-state index contributed by atoms with van der Waals surface area (Å²) in [7, 11) is 0. The average Bonchev–Trinajstić information content (AvgIpc) is 2.38. The molecule has 0 radical (unpaired) electrons. The lowest BCUT2D eigenvalue weighted by Crippen LogP contribution is -2.10. The second kappa shape index (κ2) is 5.62. The van der Waals surface area contributed by atoms with Crippen molar-refractivity contribution in [2.24, 2.45) is 0 Å². The van der Waals surface area contributed by atoms with Crippen molar-refractivity contribution in [2.75, 3.05) is 5.32 Å². The minimum absolute atomic E-state index is 0.105. The van der Waals surface area contributed by atoms with Gasteiger partial charge >= 0.3 is 0 Å². The Bertz CT molecular complexity index is 677. The highest BCUT2D eigenvalue weighted by Crippen LogP contribution is 2.27. The summed E-state index contributed by atoms with van der Waals surface area (Å²) in [5.41, 5.74) is 2.54. The minimum Gasteiger partial charge on any atom is -0.508 e. The van der Waals surface area contributed by atoms with Crippen molar-refractivity contribution in [1.29, 1.82) is 5.26 Å². The summed E-state index contributed by atoms with van der Waals surface area (Å²) >= 11 is 0. The number of rotatable bonds is 3. The number of aryl methyl sites for hydroxylation is 1. The summed E-state index contributed by atoms with van der Waals surface area (Å²) in [5, 5.41) is 21.5. The molecule has 0 heterocycles. The van der Waals surface area contributed by atoms with Gasteiger partial charge in [-0.3, -0.25) is 0 Å². The van der Waals surface area contributed by atoms with E-state index in [1.165, 1.54) is 12.1 Å². The highest BCUT2D eigenvalue weighted by molar-refractivity contribution is 5.61. The molecule has 0 fully saturated rings. The Hall–Kier alpha value is -2.54. The van der Waals surface area contributed by atoms with Gasteiger partial charge in [0.2, 0.25) is 0 Å². The number of aromatic hydroxyl groups is 1. The van der Waals surface area contributed by atoms with Gasteiger partial charge < -0.3 is 10.4 Å². The van der Waals surface area contributed by atoms with Crippen molar-refractivity contribution < 1.29 is 9.50 Å². The van der Waals surface area contributed by atoms with Gasteiger partial charge in [0.05, 0.1) is 17.3 Å². The van der Waals surface area contributed by atoms with Crippen LogP contribution in [0.15, 0.2) is 36.4 Å². The van der Waals surface area contributed by atoms with Crippen molar-refractivity contribution >= 4 is 5.69 Å². The Morgan fingerprint density at radius 1 is 1.30 bits per heavy atom. The van der Waals surface area contributed by atoms with Gasteiger partial charge in [0, 0.05) is 11.6 Å². The Morgan fingerprint density at radius 3 is 2.70 bits per heavy atom. The molecule has 0 amide bonds. The van der Waals surface area contributed by atoms with Crippen LogP contribution in [0.2, 0.25) is 0 Å². The topological polar surface area (TPSA) is 56.0 Å². The number of phenolic OH excluding ortho intramolecular Hbond substituents is 1. The molecule has 4 heteroatoms. The second-order valence-corrected chi connectivity index (χ2v) is 4.68. The third-order valence-electron chi connectivity index (χ3n) is 3.21. The summed E-state index contributed by atoms with van der Waals surface area (Å²) in [6.07, 6.45) is 0. The summed E-state index contributed by atoms with van der Waals surface area (Å²) in [4.78, 5) is 0. The first-order chi connectivity index (χ1) is 9.52. The van der Waals surface area contributed by atoms with Gasteiger partial charge in [-0.05, 0) is 31.5 Å². The van der Waals surface area contributed by atoms with E-state index in [1.807, 2.05) is 19.1 Å². The zero-order valence-electron chi connectivity index (χ0n) is 11.3. The summed E-state index contributed by atoms with van der Waals surface area (Å²) in [6.45, 7) is 3.66. The predicted molar refractivity (Wildman–Crippen MR) is 76.0 cm³/mol. The molecule has 102 valence electrons. The molecule has 3 nitrogen and oxygen atoms in total. The Labute approximate surface area is 117 Å². The van der Waals surface area contributed by atoms with Crippen LogP contribution in [0.1, 0.15) is 29.7 Å². The quantitative estimate of drug-likeness (QED) is 0.889. The molecule has 2 aromatic rings. The molecule has 0 aliphatic carbocycles. The molecule has 0 aromatic heterocycles. The normalized spacial score (nSPS) is 11.7. The van der Waals surface area contributed by atoms with Crippen LogP contribution in [0.4, 0.5) is 10.1 Å². The number of hydrogen-bond donors (Lipinski definition) is 2. The highest BCUT2D eigenvalue weighted by Gasteiger charge is 2.13. The lowest BCUT2D eigenvalue weighted by atomic mass is 10.0.